The van der Waals surface area contributed by atoms with Crippen LogP contribution < -0.4 is 5.32 Å². The van der Waals surface area contributed by atoms with Crippen molar-refractivity contribution in [3.8, 4) is 11.4 Å². The Kier molecular flexibility index (Phi) is 5.95. The molecular formula is C17H13BrClFN4OS. The van der Waals surface area contributed by atoms with E-state index < -0.39 is 11.1 Å². The van der Waals surface area contributed by atoms with Crippen LogP contribution in [0.3, 0.4) is 0 Å². The molecule has 2 N–H and O–H groups in total. The molecule has 1 atom stereocenters. The van der Waals surface area contributed by atoms with E-state index in [9.17, 15) is 9.18 Å². The first-order valence-electron chi connectivity index (χ1n) is 7.54. The number of benzene rings is 2. The van der Waals surface area contributed by atoms with E-state index in [2.05, 4.69) is 36.4 Å². The Labute approximate surface area is 166 Å². The van der Waals surface area contributed by atoms with E-state index in [0.717, 1.165) is 16.1 Å². The van der Waals surface area contributed by atoms with Gasteiger partial charge in [-0.2, -0.15) is 0 Å². The van der Waals surface area contributed by atoms with E-state index in [1.807, 2.05) is 24.3 Å². The van der Waals surface area contributed by atoms with Crippen molar-refractivity contribution in [2.75, 3.05) is 5.32 Å². The number of carbonyl (C=O) groups is 1. The maximum Gasteiger partial charge on any atom is 0.237 e. The molecule has 0 saturated carbocycles. The van der Waals surface area contributed by atoms with Gasteiger partial charge in [0.2, 0.25) is 11.1 Å². The molecule has 2 aromatic carbocycles. The Bertz CT molecular complexity index is 952. The Hall–Kier alpha value is -1.90. The molecule has 134 valence electrons. The summed E-state index contributed by atoms with van der Waals surface area (Å²) in [6.07, 6.45) is 0. The molecule has 1 aromatic heterocycles. The fourth-order valence-electron chi connectivity index (χ4n) is 2.11. The van der Waals surface area contributed by atoms with E-state index in [1.165, 1.54) is 23.9 Å². The van der Waals surface area contributed by atoms with Gasteiger partial charge in [0, 0.05) is 10.0 Å². The summed E-state index contributed by atoms with van der Waals surface area (Å²) < 4.78 is 14.0. The minimum absolute atomic E-state index is 0.143. The molecule has 26 heavy (non-hydrogen) atoms. The Balaban J connectivity index is 1.67. The van der Waals surface area contributed by atoms with Gasteiger partial charge in [-0.05, 0) is 31.2 Å². The number of rotatable bonds is 5. The third-order valence-corrected chi connectivity index (χ3v) is 5.40. The van der Waals surface area contributed by atoms with Gasteiger partial charge in [-0.3, -0.25) is 9.89 Å². The highest BCUT2D eigenvalue weighted by Crippen LogP contribution is 2.28. The van der Waals surface area contributed by atoms with Gasteiger partial charge in [-0.1, -0.05) is 57.5 Å². The molecule has 0 aliphatic rings. The monoisotopic (exact) mass is 454 g/mol. The van der Waals surface area contributed by atoms with Crippen LogP contribution in [-0.2, 0) is 4.79 Å². The molecule has 3 aromatic rings. The molecule has 0 saturated heterocycles. The lowest BCUT2D eigenvalue weighted by atomic mass is 10.2. The maximum absolute atomic E-state index is 13.1. The van der Waals surface area contributed by atoms with Crippen LogP contribution in [0.1, 0.15) is 6.92 Å². The lowest BCUT2D eigenvalue weighted by molar-refractivity contribution is -0.115. The van der Waals surface area contributed by atoms with Gasteiger partial charge in [0.15, 0.2) is 5.82 Å². The van der Waals surface area contributed by atoms with Crippen molar-refractivity contribution in [2.24, 2.45) is 0 Å². The minimum Gasteiger partial charge on any atom is -0.324 e. The maximum atomic E-state index is 13.1. The van der Waals surface area contributed by atoms with E-state index in [1.54, 1.807) is 6.92 Å². The van der Waals surface area contributed by atoms with Crippen LogP contribution in [0.25, 0.3) is 11.4 Å². The number of aromatic amines is 1. The second-order valence-electron chi connectivity index (χ2n) is 5.32. The van der Waals surface area contributed by atoms with E-state index >= 15 is 0 Å². The highest BCUT2D eigenvalue weighted by Gasteiger charge is 2.19. The van der Waals surface area contributed by atoms with E-state index in [-0.39, 0.29) is 10.9 Å². The third-order valence-electron chi connectivity index (χ3n) is 3.43. The number of aromatic nitrogens is 3. The number of hydrogen-bond acceptors (Lipinski definition) is 4. The van der Waals surface area contributed by atoms with Gasteiger partial charge in [0.1, 0.15) is 5.82 Å². The standard InChI is InChI=1S/C17H13BrClFN4OS/c1-9(16(25)21-14-7-6-10(20)8-13(14)19)26-17-22-15(23-24-17)11-4-2-3-5-12(11)18/h2-9H,1H3,(H,21,25)(H,22,23,24)/t9-/m1/s1. The van der Waals surface area contributed by atoms with Crippen molar-refractivity contribution in [1.29, 1.82) is 0 Å². The SMILES string of the molecule is C[C@@H](Sc1n[nH]c(-c2ccccc2Br)n1)C(=O)Nc1ccc(F)cc1Cl. The minimum atomic E-state index is -0.473. The summed E-state index contributed by atoms with van der Waals surface area (Å²) in [6, 6.07) is 11.4. The van der Waals surface area contributed by atoms with Crippen molar-refractivity contribution >= 4 is 50.9 Å². The first-order chi connectivity index (χ1) is 12.4. The summed E-state index contributed by atoms with van der Waals surface area (Å²) in [5.74, 6) is -0.138. The number of thioether (sulfide) groups is 1. The van der Waals surface area contributed by atoms with Crippen LogP contribution >= 0.6 is 39.3 Å². The van der Waals surface area contributed by atoms with Gasteiger partial charge in [0.05, 0.1) is 16.0 Å². The van der Waals surface area contributed by atoms with Crippen molar-refractivity contribution in [2.45, 2.75) is 17.3 Å². The van der Waals surface area contributed by atoms with Gasteiger partial charge < -0.3 is 5.32 Å². The quantitative estimate of drug-likeness (QED) is 0.522. The average Bonchev–Trinajstić information content (AvgIpc) is 3.06. The van der Waals surface area contributed by atoms with E-state index in [4.69, 9.17) is 11.6 Å². The molecule has 3 rings (SSSR count). The van der Waals surface area contributed by atoms with Crippen LogP contribution in [0.4, 0.5) is 10.1 Å². The largest absolute Gasteiger partial charge is 0.324 e. The van der Waals surface area contributed by atoms with Crippen molar-refractivity contribution < 1.29 is 9.18 Å². The second kappa shape index (κ2) is 8.20. The molecule has 0 unspecified atom stereocenters. The van der Waals surface area contributed by atoms with Crippen LogP contribution in [0, 0.1) is 5.82 Å². The predicted molar refractivity (Wildman–Crippen MR) is 105 cm³/mol. The summed E-state index contributed by atoms with van der Waals surface area (Å²) in [5, 5.41) is 9.80. The molecule has 0 fully saturated rings. The molecule has 1 amide bonds. The number of nitrogens with zero attached hydrogens (tertiary/aromatic N) is 2. The molecule has 0 aliphatic heterocycles. The van der Waals surface area contributed by atoms with Gasteiger partial charge in [-0.25, -0.2) is 9.37 Å². The lowest BCUT2D eigenvalue weighted by Crippen LogP contribution is -2.22. The molecule has 5 nitrogen and oxygen atoms in total. The smallest absolute Gasteiger partial charge is 0.237 e. The van der Waals surface area contributed by atoms with Crippen molar-refractivity contribution in [1.82, 2.24) is 15.2 Å². The summed E-state index contributed by atoms with van der Waals surface area (Å²) in [4.78, 5) is 16.7. The Morgan fingerprint density at radius 2 is 2.12 bits per heavy atom. The van der Waals surface area contributed by atoms with Gasteiger partial charge >= 0.3 is 0 Å². The molecule has 0 bridgehead atoms. The van der Waals surface area contributed by atoms with Crippen molar-refractivity contribution in [3.05, 3.63) is 57.8 Å². The number of anilines is 1. The topological polar surface area (TPSA) is 70.7 Å². The molecule has 0 aliphatic carbocycles. The van der Waals surface area contributed by atoms with Crippen LogP contribution in [0.15, 0.2) is 52.1 Å². The van der Waals surface area contributed by atoms with Gasteiger partial charge in [0.25, 0.3) is 0 Å². The zero-order valence-corrected chi connectivity index (χ0v) is 16.6. The Morgan fingerprint density at radius 3 is 2.85 bits per heavy atom. The second-order valence-corrected chi connectivity index (χ2v) is 7.89. The summed E-state index contributed by atoms with van der Waals surface area (Å²) in [6.45, 7) is 1.73. The average molecular weight is 456 g/mol. The first kappa shape index (κ1) is 18.9. The number of amides is 1. The summed E-state index contributed by atoms with van der Waals surface area (Å²) >= 11 is 10.6. The number of H-pyrrole nitrogens is 1. The highest BCUT2D eigenvalue weighted by molar-refractivity contribution is 9.10. The molecular weight excluding hydrogens is 443 g/mol. The molecule has 0 spiro atoms. The van der Waals surface area contributed by atoms with E-state index in [0.29, 0.717) is 16.7 Å². The van der Waals surface area contributed by atoms with Crippen molar-refractivity contribution in [3.63, 3.8) is 0 Å². The molecule has 9 heteroatoms. The highest BCUT2D eigenvalue weighted by atomic mass is 79.9. The normalized spacial score (nSPS) is 12.0. The van der Waals surface area contributed by atoms with Crippen LogP contribution in [-0.4, -0.2) is 26.3 Å². The fraction of sp³-hybridized carbons (Fsp3) is 0.118. The first-order valence-corrected chi connectivity index (χ1v) is 9.59. The fourth-order valence-corrected chi connectivity index (χ4v) is 3.52. The molecule has 0 radical (unpaired) electrons. The van der Waals surface area contributed by atoms with Crippen LogP contribution in [0.5, 0.6) is 0 Å². The summed E-state index contributed by atoms with van der Waals surface area (Å²) in [5.41, 5.74) is 1.23. The number of carbonyl (C=O) groups excluding carboxylic acids is 1. The third kappa shape index (κ3) is 4.44. The van der Waals surface area contributed by atoms with Crippen LogP contribution in [0.2, 0.25) is 5.02 Å². The van der Waals surface area contributed by atoms with Gasteiger partial charge in [-0.15, -0.1) is 5.10 Å². The zero-order valence-electron chi connectivity index (χ0n) is 13.5. The number of hydrogen-bond donors (Lipinski definition) is 2. The lowest BCUT2D eigenvalue weighted by Gasteiger charge is -2.11. The number of halogens is 3. The Morgan fingerprint density at radius 1 is 1.35 bits per heavy atom. The summed E-state index contributed by atoms with van der Waals surface area (Å²) in [7, 11) is 0. The predicted octanol–water partition coefficient (Wildman–Crippen LogP) is 5.15. The zero-order chi connectivity index (χ0) is 18.7. The number of nitrogens with one attached hydrogen (secondary N) is 2. The molecule has 1 heterocycles.